The van der Waals surface area contributed by atoms with Crippen LogP contribution in [0.4, 0.5) is 0 Å². The summed E-state index contributed by atoms with van der Waals surface area (Å²) in [6.07, 6.45) is 1.61. The lowest BCUT2D eigenvalue weighted by atomic mass is 9.98. The first-order valence-electron chi connectivity index (χ1n) is 7.08. The van der Waals surface area contributed by atoms with Crippen molar-refractivity contribution in [2.45, 2.75) is 51.8 Å². The molecule has 0 spiro atoms. The van der Waals surface area contributed by atoms with Gasteiger partial charge in [0.05, 0.1) is 13.2 Å². The zero-order valence-corrected chi connectivity index (χ0v) is 12.4. The number of likely N-dealkylation sites (tertiary alicyclic amines) is 1. The van der Waals surface area contributed by atoms with Gasteiger partial charge in [-0.2, -0.15) is 0 Å². The minimum absolute atomic E-state index is 0.133. The molecule has 0 bridgehead atoms. The maximum Gasteiger partial charge on any atom is 0.122 e. The van der Waals surface area contributed by atoms with Gasteiger partial charge in [0, 0.05) is 18.6 Å². The standard InChI is InChI=1S/C16H25NO2/c1-5-13-10-12(6-7-14(13)19-4)11-17-9-8-15(18)16(17,2)3/h6-7,10,15,18H,5,8-9,11H2,1-4H3. The molecule has 0 radical (unpaired) electrons. The highest BCUT2D eigenvalue weighted by atomic mass is 16.5. The third-order valence-electron chi connectivity index (χ3n) is 4.40. The van der Waals surface area contributed by atoms with Crippen molar-refractivity contribution in [3.8, 4) is 5.75 Å². The Bertz CT molecular complexity index is 442. The van der Waals surface area contributed by atoms with Gasteiger partial charge < -0.3 is 9.84 Å². The van der Waals surface area contributed by atoms with E-state index in [1.165, 1.54) is 11.1 Å². The third kappa shape index (κ3) is 2.77. The van der Waals surface area contributed by atoms with Gasteiger partial charge in [0.15, 0.2) is 0 Å². The fourth-order valence-electron chi connectivity index (χ4n) is 2.84. The quantitative estimate of drug-likeness (QED) is 0.906. The van der Waals surface area contributed by atoms with Crippen molar-refractivity contribution in [2.75, 3.05) is 13.7 Å². The Morgan fingerprint density at radius 3 is 2.68 bits per heavy atom. The van der Waals surface area contributed by atoms with Crippen molar-refractivity contribution in [3.05, 3.63) is 29.3 Å². The maximum absolute atomic E-state index is 10.0. The number of benzene rings is 1. The summed E-state index contributed by atoms with van der Waals surface area (Å²) in [4.78, 5) is 2.36. The van der Waals surface area contributed by atoms with Gasteiger partial charge in [-0.25, -0.2) is 0 Å². The summed E-state index contributed by atoms with van der Waals surface area (Å²) >= 11 is 0. The van der Waals surface area contributed by atoms with E-state index in [9.17, 15) is 5.11 Å². The molecule has 106 valence electrons. The van der Waals surface area contributed by atoms with Gasteiger partial charge in [0.2, 0.25) is 0 Å². The highest BCUT2D eigenvalue weighted by molar-refractivity contribution is 5.37. The maximum atomic E-state index is 10.0. The first-order chi connectivity index (χ1) is 8.98. The second-order valence-corrected chi connectivity index (χ2v) is 5.88. The van der Waals surface area contributed by atoms with Crippen molar-refractivity contribution in [3.63, 3.8) is 0 Å². The summed E-state index contributed by atoms with van der Waals surface area (Å²) in [6.45, 7) is 8.23. The van der Waals surface area contributed by atoms with E-state index in [0.717, 1.165) is 31.7 Å². The van der Waals surface area contributed by atoms with Gasteiger partial charge in [-0.15, -0.1) is 0 Å². The fourth-order valence-corrected chi connectivity index (χ4v) is 2.84. The van der Waals surface area contributed by atoms with Crippen molar-refractivity contribution in [2.24, 2.45) is 0 Å². The lowest BCUT2D eigenvalue weighted by Gasteiger charge is -2.34. The highest BCUT2D eigenvalue weighted by Gasteiger charge is 2.39. The minimum Gasteiger partial charge on any atom is -0.496 e. The number of hydrogen-bond donors (Lipinski definition) is 1. The second kappa shape index (κ2) is 5.51. The number of aliphatic hydroxyl groups excluding tert-OH is 1. The van der Waals surface area contributed by atoms with Gasteiger partial charge in [-0.1, -0.05) is 19.1 Å². The third-order valence-corrected chi connectivity index (χ3v) is 4.40. The molecule has 1 aromatic rings. The molecule has 2 rings (SSSR count). The normalized spacial score (nSPS) is 22.7. The van der Waals surface area contributed by atoms with E-state index in [1.807, 2.05) is 6.07 Å². The lowest BCUT2D eigenvalue weighted by molar-refractivity contribution is 0.0506. The minimum atomic E-state index is -0.226. The molecule has 1 heterocycles. The van der Waals surface area contributed by atoms with E-state index in [0.29, 0.717) is 0 Å². The molecule has 1 aromatic carbocycles. The van der Waals surface area contributed by atoms with E-state index < -0.39 is 0 Å². The topological polar surface area (TPSA) is 32.7 Å². The van der Waals surface area contributed by atoms with Gasteiger partial charge >= 0.3 is 0 Å². The fraction of sp³-hybridized carbons (Fsp3) is 0.625. The molecule has 1 N–H and O–H groups in total. The van der Waals surface area contributed by atoms with Gasteiger partial charge in [-0.05, 0) is 43.9 Å². The molecule has 0 aromatic heterocycles. The monoisotopic (exact) mass is 263 g/mol. The predicted molar refractivity (Wildman–Crippen MR) is 77.5 cm³/mol. The number of rotatable bonds is 4. The van der Waals surface area contributed by atoms with Crippen LogP contribution >= 0.6 is 0 Å². The molecule has 3 heteroatoms. The number of ether oxygens (including phenoxy) is 1. The number of methoxy groups -OCH3 is 1. The summed E-state index contributed by atoms with van der Waals surface area (Å²) < 4.78 is 5.37. The lowest BCUT2D eigenvalue weighted by Crippen LogP contribution is -2.44. The van der Waals surface area contributed by atoms with Crippen molar-refractivity contribution in [1.82, 2.24) is 4.90 Å². The van der Waals surface area contributed by atoms with E-state index in [-0.39, 0.29) is 11.6 Å². The van der Waals surface area contributed by atoms with Crippen molar-refractivity contribution >= 4 is 0 Å². The second-order valence-electron chi connectivity index (χ2n) is 5.88. The van der Waals surface area contributed by atoms with Gasteiger partial charge in [0.25, 0.3) is 0 Å². The van der Waals surface area contributed by atoms with Crippen LogP contribution in [0.25, 0.3) is 0 Å². The van der Waals surface area contributed by atoms with E-state index in [2.05, 4.69) is 37.8 Å². The van der Waals surface area contributed by atoms with Crippen LogP contribution < -0.4 is 4.74 Å². The van der Waals surface area contributed by atoms with E-state index >= 15 is 0 Å². The van der Waals surface area contributed by atoms with Crippen LogP contribution in [0.5, 0.6) is 5.75 Å². The van der Waals surface area contributed by atoms with Gasteiger partial charge in [0.1, 0.15) is 5.75 Å². The largest absolute Gasteiger partial charge is 0.496 e. The Balaban J connectivity index is 2.16. The molecule has 1 saturated heterocycles. The first-order valence-corrected chi connectivity index (χ1v) is 7.08. The Morgan fingerprint density at radius 1 is 1.42 bits per heavy atom. The summed E-state index contributed by atoms with van der Waals surface area (Å²) in [7, 11) is 1.72. The summed E-state index contributed by atoms with van der Waals surface area (Å²) in [5, 5.41) is 10.0. The van der Waals surface area contributed by atoms with Crippen LogP contribution in [0.2, 0.25) is 0 Å². The Kier molecular flexibility index (Phi) is 4.16. The molecule has 0 amide bonds. The van der Waals surface area contributed by atoms with Crippen molar-refractivity contribution in [1.29, 1.82) is 0 Å². The molecule has 1 atom stereocenters. The van der Waals surface area contributed by atoms with Crippen LogP contribution in [0.15, 0.2) is 18.2 Å². The molecular formula is C16H25NO2. The Morgan fingerprint density at radius 2 is 2.16 bits per heavy atom. The molecule has 3 nitrogen and oxygen atoms in total. The number of aryl methyl sites for hydroxylation is 1. The zero-order chi connectivity index (χ0) is 14.0. The summed E-state index contributed by atoms with van der Waals surface area (Å²) in [5.41, 5.74) is 2.41. The summed E-state index contributed by atoms with van der Waals surface area (Å²) in [5.74, 6) is 0.965. The zero-order valence-electron chi connectivity index (χ0n) is 12.4. The Labute approximate surface area is 116 Å². The number of nitrogens with zero attached hydrogens (tertiary/aromatic N) is 1. The molecule has 0 aliphatic carbocycles. The van der Waals surface area contributed by atoms with Crippen LogP contribution in [0, 0.1) is 0 Å². The molecule has 1 fully saturated rings. The summed E-state index contributed by atoms with van der Waals surface area (Å²) in [6, 6.07) is 6.39. The van der Waals surface area contributed by atoms with Crippen molar-refractivity contribution < 1.29 is 9.84 Å². The van der Waals surface area contributed by atoms with Crippen LogP contribution in [-0.2, 0) is 13.0 Å². The number of aliphatic hydroxyl groups is 1. The van der Waals surface area contributed by atoms with Gasteiger partial charge in [-0.3, -0.25) is 4.90 Å². The first kappa shape index (κ1) is 14.4. The van der Waals surface area contributed by atoms with E-state index in [4.69, 9.17) is 4.74 Å². The van der Waals surface area contributed by atoms with E-state index in [1.54, 1.807) is 7.11 Å². The molecule has 1 aliphatic rings. The average molecular weight is 263 g/mol. The Hall–Kier alpha value is -1.06. The molecule has 1 aliphatic heterocycles. The molecule has 0 saturated carbocycles. The molecule has 1 unspecified atom stereocenters. The van der Waals surface area contributed by atoms with Crippen LogP contribution in [0.1, 0.15) is 38.3 Å². The van der Waals surface area contributed by atoms with Crippen LogP contribution in [-0.4, -0.2) is 35.3 Å². The highest BCUT2D eigenvalue weighted by Crippen LogP contribution is 2.31. The molecule has 19 heavy (non-hydrogen) atoms. The number of hydrogen-bond acceptors (Lipinski definition) is 3. The predicted octanol–water partition coefficient (Wildman–Crippen LogP) is 2.60. The smallest absolute Gasteiger partial charge is 0.122 e. The van der Waals surface area contributed by atoms with Crippen LogP contribution in [0.3, 0.4) is 0 Å². The molecular weight excluding hydrogens is 238 g/mol. The SMILES string of the molecule is CCc1cc(CN2CCC(O)C2(C)C)ccc1OC. The average Bonchev–Trinajstić information content (AvgIpc) is 2.65.